The quantitative estimate of drug-likeness (QED) is 0.235. The lowest BCUT2D eigenvalue weighted by molar-refractivity contribution is -0.763. The Hall–Kier alpha value is -4.32. The van der Waals surface area contributed by atoms with Crippen molar-refractivity contribution < 1.29 is 28.9 Å². The third-order valence-electron chi connectivity index (χ3n) is 6.45. The second-order valence-corrected chi connectivity index (χ2v) is 9.40. The number of hydrogen-bond donors (Lipinski definition) is 1. The lowest BCUT2D eigenvalue weighted by atomic mass is 9.96. The van der Waals surface area contributed by atoms with E-state index in [1.807, 2.05) is 18.4 Å². The number of pyridine rings is 1. The van der Waals surface area contributed by atoms with Gasteiger partial charge in [-0.05, 0) is 66.1 Å². The monoisotopic (exact) mass is 553 g/mol. The van der Waals surface area contributed by atoms with E-state index in [-0.39, 0.29) is 17.6 Å². The van der Waals surface area contributed by atoms with Gasteiger partial charge < -0.3 is 24.4 Å². The largest absolute Gasteiger partial charge is 0.493 e. The van der Waals surface area contributed by atoms with Gasteiger partial charge >= 0.3 is 0 Å². The van der Waals surface area contributed by atoms with Crippen molar-refractivity contribution in [3.63, 3.8) is 0 Å². The van der Waals surface area contributed by atoms with Gasteiger partial charge in [0.15, 0.2) is 16.9 Å². The fourth-order valence-corrected chi connectivity index (χ4v) is 5.10. The Morgan fingerprint density at radius 3 is 2.49 bits per heavy atom. The minimum atomic E-state index is -0.906. The van der Waals surface area contributed by atoms with E-state index in [2.05, 4.69) is 15.1 Å². The van der Waals surface area contributed by atoms with Gasteiger partial charge in [-0.1, -0.05) is 6.07 Å². The molecular weight excluding hydrogens is 526 g/mol. The Balaban J connectivity index is 1.78. The van der Waals surface area contributed by atoms with Crippen LogP contribution in [-0.2, 0) is 17.9 Å². The molecule has 4 rings (SSSR count). The molecule has 204 valence electrons. The molecule has 0 fully saturated rings. The molecule has 1 amide bonds. The first kappa shape index (κ1) is 27.7. The third-order valence-corrected chi connectivity index (χ3v) is 7.23. The average Bonchev–Trinajstić information content (AvgIpc) is 3.19. The van der Waals surface area contributed by atoms with Crippen molar-refractivity contribution in [1.82, 2.24) is 10.3 Å². The molecule has 1 N–H and O–H groups in total. The number of amides is 1. The van der Waals surface area contributed by atoms with Crippen molar-refractivity contribution >= 4 is 17.7 Å². The first-order chi connectivity index (χ1) is 18.8. The molecule has 39 heavy (non-hydrogen) atoms. The fraction of sp³-hybridized carbons (Fsp3) is 0.296. The van der Waals surface area contributed by atoms with Crippen LogP contribution < -0.4 is 25.0 Å². The Morgan fingerprint density at radius 1 is 1.10 bits per heavy atom. The molecule has 0 radical (unpaired) electrons. The Morgan fingerprint density at radius 2 is 1.87 bits per heavy atom. The number of fused-ring (bicyclic) bond motifs is 3. The summed E-state index contributed by atoms with van der Waals surface area (Å²) in [6, 6.07) is 9.57. The van der Waals surface area contributed by atoms with Crippen LogP contribution in [0.1, 0.15) is 39.6 Å². The lowest BCUT2D eigenvalue weighted by Crippen LogP contribution is -2.29. The number of aromatic nitrogens is 1. The minimum absolute atomic E-state index is 0.157. The number of nitrogens with one attached hydrogen (secondary N) is 1. The standard InChI is InChI=1S/C27H27N3O8S/c1-35-23-12-19-17-8-10-24(39-4)22(31)11-20(17)21(9-7-18(19)25(36-2)26(23)37-3)29-27(32)15-5-6-16(28-13-15)14-38-30(33)34/h5-6,8,10-13,21H,7,9,14H2,1-4H3,(H,29,32)/t21-/m0/s1. The summed E-state index contributed by atoms with van der Waals surface area (Å²) in [5.74, 6) is 1.06. The number of ether oxygens (including phenoxy) is 3. The van der Waals surface area contributed by atoms with Crippen LogP contribution >= 0.6 is 11.8 Å². The first-order valence-electron chi connectivity index (χ1n) is 11.9. The summed E-state index contributed by atoms with van der Waals surface area (Å²) in [7, 11) is 4.64. The Bertz CT molecular complexity index is 1460. The number of hydrogen-bond acceptors (Lipinski definition) is 10. The zero-order chi connectivity index (χ0) is 28.1. The van der Waals surface area contributed by atoms with Gasteiger partial charge in [-0.3, -0.25) is 14.6 Å². The molecule has 11 nitrogen and oxygen atoms in total. The van der Waals surface area contributed by atoms with Gasteiger partial charge in [0.05, 0.1) is 43.5 Å². The molecule has 0 spiro atoms. The molecule has 0 unspecified atom stereocenters. The topological polar surface area (TPSA) is 139 Å². The average molecular weight is 554 g/mol. The lowest BCUT2D eigenvalue weighted by Gasteiger charge is -2.19. The second kappa shape index (κ2) is 12.0. The molecular formula is C27H27N3O8S. The van der Waals surface area contributed by atoms with Gasteiger partial charge in [-0.25, -0.2) is 0 Å². The van der Waals surface area contributed by atoms with Crippen molar-refractivity contribution in [2.24, 2.45) is 0 Å². The SMILES string of the molecule is COc1cc2c(c(OC)c1OC)CC[C@H](NC(=O)c1ccc(CO[N+](=O)[O-])nc1)c1cc(=O)c(SC)ccc1-2. The molecule has 1 aromatic heterocycles. The van der Waals surface area contributed by atoms with Crippen molar-refractivity contribution in [1.29, 1.82) is 0 Å². The Kier molecular flexibility index (Phi) is 8.55. The molecule has 0 saturated carbocycles. The van der Waals surface area contributed by atoms with Crippen molar-refractivity contribution in [2.75, 3.05) is 27.6 Å². The number of thioether (sulfide) groups is 1. The van der Waals surface area contributed by atoms with Gasteiger partial charge in [0.1, 0.15) is 6.61 Å². The van der Waals surface area contributed by atoms with E-state index >= 15 is 0 Å². The van der Waals surface area contributed by atoms with E-state index < -0.39 is 17.0 Å². The van der Waals surface area contributed by atoms with Gasteiger partial charge in [-0.2, -0.15) is 0 Å². The summed E-state index contributed by atoms with van der Waals surface area (Å²) < 4.78 is 16.9. The number of carbonyl (C=O) groups is 1. The summed E-state index contributed by atoms with van der Waals surface area (Å²) in [6.07, 6.45) is 4.15. The van der Waals surface area contributed by atoms with Crippen molar-refractivity contribution in [2.45, 2.75) is 30.4 Å². The highest BCUT2D eigenvalue weighted by Gasteiger charge is 2.29. The predicted molar refractivity (Wildman–Crippen MR) is 144 cm³/mol. The zero-order valence-corrected chi connectivity index (χ0v) is 22.6. The molecule has 1 heterocycles. The van der Waals surface area contributed by atoms with Crippen LogP contribution in [0.3, 0.4) is 0 Å². The fourth-order valence-electron chi connectivity index (χ4n) is 4.63. The van der Waals surface area contributed by atoms with Gasteiger partial charge in [0.2, 0.25) is 5.75 Å². The predicted octanol–water partition coefficient (Wildman–Crippen LogP) is 3.98. The second-order valence-electron chi connectivity index (χ2n) is 8.55. The molecule has 0 bridgehead atoms. The molecule has 1 atom stereocenters. The van der Waals surface area contributed by atoms with E-state index in [4.69, 9.17) is 14.2 Å². The van der Waals surface area contributed by atoms with Gasteiger partial charge in [0.25, 0.3) is 11.0 Å². The van der Waals surface area contributed by atoms with E-state index in [0.29, 0.717) is 46.2 Å². The molecule has 3 aromatic rings. The summed E-state index contributed by atoms with van der Waals surface area (Å²) >= 11 is 1.34. The molecule has 0 saturated heterocycles. The highest BCUT2D eigenvalue weighted by atomic mass is 32.2. The van der Waals surface area contributed by atoms with Crippen LogP contribution in [0.5, 0.6) is 17.2 Å². The maximum atomic E-state index is 13.3. The molecule has 0 aliphatic heterocycles. The van der Waals surface area contributed by atoms with E-state index in [9.17, 15) is 19.7 Å². The summed E-state index contributed by atoms with van der Waals surface area (Å²) in [6.45, 7) is -0.321. The number of methoxy groups -OCH3 is 3. The molecule has 2 aromatic carbocycles. The maximum Gasteiger partial charge on any atom is 0.294 e. The van der Waals surface area contributed by atoms with Crippen LogP contribution in [0, 0.1) is 10.1 Å². The number of benzene rings is 1. The van der Waals surface area contributed by atoms with Crippen molar-refractivity contribution in [3.8, 4) is 28.4 Å². The minimum Gasteiger partial charge on any atom is -0.493 e. The van der Waals surface area contributed by atoms with Gasteiger partial charge in [-0.15, -0.1) is 21.9 Å². The van der Waals surface area contributed by atoms with Crippen LogP contribution in [0.15, 0.2) is 52.3 Å². The number of carbonyl (C=O) groups excluding carboxylic acids is 1. The van der Waals surface area contributed by atoms with Crippen LogP contribution in [0.4, 0.5) is 0 Å². The summed E-state index contributed by atoms with van der Waals surface area (Å²) in [5.41, 5.74) is 3.51. The molecule has 1 aliphatic carbocycles. The molecule has 1 aliphatic rings. The normalized spacial score (nSPS) is 13.8. The van der Waals surface area contributed by atoms with Crippen LogP contribution in [0.2, 0.25) is 0 Å². The molecule has 12 heteroatoms. The first-order valence-corrected chi connectivity index (χ1v) is 13.1. The van der Waals surface area contributed by atoms with Gasteiger partial charge in [0, 0.05) is 11.8 Å². The van der Waals surface area contributed by atoms with Crippen molar-refractivity contribution in [3.05, 3.63) is 85.3 Å². The van der Waals surface area contributed by atoms with Crippen LogP contribution in [0.25, 0.3) is 11.1 Å². The Labute approximate surface area is 228 Å². The smallest absolute Gasteiger partial charge is 0.294 e. The number of nitrogens with zero attached hydrogens (tertiary/aromatic N) is 2. The third kappa shape index (κ3) is 5.75. The van der Waals surface area contributed by atoms with E-state index in [0.717, 1.165) is 16.7 Å². The highest BCUT2D eigenvalue weighted by molar-refractivity contribution is 7.98. The summed E-state index contributed by atoms with van der Waals surface area (Å²) in [5, 5.41) is 12.6. The number of rotatable bonds is 9. The van der Waals surface area contributed by atoms with E-state index in [1.54, 1.807) is 26.4 Å². The maximum absolute atomic E-state index is 13.3. The van der Waals surface area contributed by atoms with Crippen LogP contribution in [-0.4, -0.2) is 43.6 Å². The highest BCUT2D eigenvalue weighted by Crippen LogP contribution is 2.49. The zero-order valence-electron chi connectivity index (χ0n) is 21.8. The van der Waals surface area contributed by atoms with E-state index in [1.165, 1.54) is 37.2 Å². The summed E-state index contributed by atoms with van der Waals surface area (Å²) in [4.78, 5) is 45.7.